The lowest BCUT2D eigenvalue weighted by molar-refractivity contribution is 0.284. The molecule has 2 heterocycles. The molecule has 0 bridgehead atoms. The predicted octanol–water partition coefficient (Wildman–Crippen LogP) is 0.829. The van der Waals surface area contributed by atoms with Crippen molar-refractivity contribution in [1.29, 1.82) is 0 Å². The van der Waals surface area contributed by atoms with Crippen molar-refractivity contribution < 1.29 is 4.52 Å². The molecule has 0 saturated heterocycles. The van der Waals surface area contributed by atoms with Gasteiger partial charge in [0.1, 0.15) is 6.33 Å². The van der Waals surface area contributed by atoms with Gasteiger partial charge < -0.3 is 10.3 Å². The number of aromatic amines is 1. The average molecular weight is 222 g/mol. The summed E-state index contributed by atoms with van der Waals surface area (Å²) in [5.41, 5.74) is 5.48. The lowest BCUT2D eigenvalue weighted by Gasteiger charge is -2.17. The molecule has 3 N–H and O–H groups in total. The van der Waals surface area contributed by atoms with Crippen molar-refractivity contribution in [3.05, 3.63) is 12.2 Å². The highest BCUT2D eigenvalue weighted by atomic mass is 16.5. The van der Waals surface area contributed by atoms with Gasteiger partial charge in [0.15, 0.2) is 5.82 Å². The number of H-pyrrole nitrogens is 1. The van der Waals surface area contributed by atoms with Crippen LogP contribution in [0.5, 0.6) is 0 Å². The predicted molar refractivity (Wildman–Crippen MR) is 56.1 cm³/mol. The molecule has 1 atom stereocenters. The molecule has 16 heavy (non-hydrogen) atoms. The number of nitrogens with one attached hydrogen (secondary N) is 1. The molecule has 0 aromatic carbocycles. The quantitative estimate of drug-likeness (QED) is 0.793. The van der Waals surface area contributed by atoms with E-state index in [-0.39, 0.29) is 0 Å². The van der Waals surface area contributed by atoms with E-state index in [1.165, 1.54) is 6.33 Å². The first kappa shape index (κ1) is 10.7. The molecule has 86 valence electrons. The van der Waals surface area contributed by atoms with Gasteiger partial charge in [-0.1, -0.05) is 18.5 Å². The zero-order valence-electron chi connectivity index (χ0n) is 9.27. The molecule has 0 amide bonds. The van der Waals surface area contributed by atoms with Crippen LogP contribution >= 0.6 is 0 Å². The molecule has 2 aromatic rings. The van der Waals surface area contributed by atoms with Crippen molar-refractivity contribution in [3.63, 3.8) is 0 Å². The SMILES string of the molecule is CCCC(C)(N)c1nc(-c2ncn[nH]2)no1. The van der Waals surface area contributed by atoms with Gasteiger partial charge in [0.05, 0.1) is 5.54 Å². The first-order valence-corrected chi connectivity index (χ1v) is 5.12. The molecule has 2 rings (SSSR count). The lowest BCUT2D eigenvalue weighted by atomic mass is 9.98. The first-order valence-electron chi connectivity index (χ1n) is 5.12. The lowest BCUT2D eigenvalue weighted by Crippen LogP contribution is -2.33. The van der Waals surface area contributed by atoms with Gasteiger partial charge >= 0.3 is 0 Å². The Kier molecular flexibility index (Phi) is 2.69. The molecule has 0 aliphatic heterocycles. The fourth-order valence-electron chi connectivity index (χ4n) is 1.49. The first-order chi connectivity index (χ1) is 7.63. The number of nitrogens with zero attached hydrogens (tertiary/aromatic N) is 4. The van der Waals surface area contributed by atoms with Crippen LogP contribution in [0.1, 0.15) is 32.6 Å². The van der Waals surface area contributed by atoms with Crippen LogP contribution in [0.25, 0.3) is 11.6 Å². The molecule has 2 aromatic heterocycles. The van der Waals surface area contributed by atoms with Crippen molar-refractivity contribution in [2.24, 2.45) is 5.73 Å². The van der Waals surface area contributed by atoms with Gasteiger partial charge in [0.2, 0.25) is 11.7 Å². The van der Waals surface area contributed by atoms with E-state index in [9.17, 15) is 0 Å². The minimum Gasteiger partial charge on any atom is -0.337 e. The number of rotatable bonds is 4. The number of nitrogens with two attached hydrogens (primary N) is 1. The summed E-state index contributed by atoms with van der Waals surface area (Å²) in [6.07, 6.45) is 3.12. The summed E-state index contributed by atoms with van der Waals surface area (Å²) < 4.78 is 5.13. The fourth-order valence-corrected chi connectivity index (χ4v) is 1.49. The summed E-state index contributed by atoms with van der Waals surface area (Å²) in [5.74, 6) is 1.27. The summed E-state index contributed by atoms with van der Waals surface area (Å²) in [4.78, 5) is 8.14. The van der Waals surface area contributed by atoms with Crippen molar-refractivity contribution in [2.75, 3.05) is 0 Å². The standard InChI is InChI=1S/C9H14N6O/c1-3-4-9(2,10)8-13-7(15-16-8)6-11-5-12-14-6/h5H,3-4,10H2,1-2H3,(H,11,12,14). The average Bonchev–Trinajstić information content (AvgIpc) is 2.89. The molecule has 0 fully saturated rings. The van der Waals surface area contributed by atoms with Gasteiger partial charge in [-0.2, -0.15) is 10.1 Å². The smallest absolute Gasteiger partial charge is 0.246 e. The van der Waals surface area contributed by atoms with E-state index in [1.54, 1.807) is 0 Å². The second-order valence-electron chi connectivity index (χ2n) is 3.92. The summed E-state index contributed by atoms with van der Waals surface area (Å²) in [6, 6.07) is 0. The van der Waals surface area contributed by atoms with E-state index in [1.807, 2.05) is 6.92 Å². The van der Waals surface area contributed by atoms with Crippen molar-refractivity contribution >= 4 is 0 Å². The van der Waals surface area contributed by atoms with Gasteiger partial charge in [0.25, 0.3) is 0 Å². The van der Waals surface area contributed by atoms with Crippen LogP contribution in [0.3, 0.4) is 0 Å². The van der Waals surface area contributed by atoms with E-state index >= 15 is 0 Å². The topological polar surface area (TPSA) is 107 Å². The third-order valence-electron chi connectivity index (χ3n) is 2.31. The number of aromatic nitrogens is 5. The zero-order valence-corrected chi connectivity index (χ0v) is 9.27. The Morgan fingerprint density at radius 1 is 1.56 bits per heavy atom. The summed E-state index contributed by atoms with van der Waals surface area (Å²) in [6.45, 7) is 3.92. The van der Waals surface area contributed by atoms with Gasteiger partial charge in [-0.3, -0.25) is 5.10 Å². The van der Waals surface area contributed by atoms with Crippen LogP contribution in [-0.2, 0) is 5.54 Å². The fraction of sp³-hybridized carbons (Fsp3) is 0.556. The molecular weight excluding hydrogens is 208 g/mol. The molecule has 0 saturated carbocycles. The van der Waals surface area contributed by atoms with Gasteiger partial charge in [-0.05, 0) is 13.3 Å². The highest BCUT2D eigenvalue weighted by Crippen LogP contribution is 2.22. The molecule has 0 aliphatic rings. The minimum atomic E-state index is -0.597. The van der Waals surface area contributed by atoms with Crippen LogP contribution in [0, 0.1) is 0 Å². The Balaban J connectivity index is 2.26. The van der Waals surface area contributed by atoms with Crippen molar-refractivity contribution in [1.82, 2.24) is 25.3 Å². The summed E-state index contributed by atoms with van der Waals surface area (Å²) in [5, 5.41) is 10.2. The molecular formula is C9H14N6O. The maximum Gasteiger partial charge on any atom is 0.246 e. The van der Waals surface area contributed by atoms with Crippen molar-refractivity contribution in [3.8, 4) is 11.6 Å². The van der Waals surface area contributed by atoms with Crippen LogP contribution < -0.4 is 5.73 Å². The van der Waals surface area contributed by atoms with E-state index in [0.29, 0.717) is 17.5 Å². The highest BCUT2D eigenvalue weighted by Gasteiger charge is 2.27. The zero-order chi connectivity index (χ0) is 11.6. The minimum absolute atomic E-state index is 0.375. The summed E-state index contributed by atoms with van der Waals surface area (Å²) >= 11 is 0. The molecule has 7 nitrogen and oxygen atoms in total. The molecule has 0 radical (unpaired) electrons. The second kappa shape index (κ2) is 4.01. The number of hydrogen-bond donors (Lipinski definition) is 2. The Morgan fingerprint density at radius 2 is 2.38 bits per heavy atom. The van der Waals surface area contributed by atoms with E-state index < -0.39 is 5.54 Å². The molecule has 0 aliphatic carbocycles. The highest BCUT2D eigenvalue weighted by molar-refractivity contribution is 5.39. The van der Waals surface area contributed by atoms with Gasteiger partial charge in [-0.15, -0.1) is 0 Å². The van der Waals surface area contributed by atoms with Gasteiger partial charge in [0, 0.05) is 0 Å². The largest absolute Gasteiger partial charge is 0.337 e. The Bertz CT molecular complexity index is 446. The third-order valence-corrected chi connectivity index (χ3v) is 2.31. The van der Waals surface area contributed by atoms with Crippen LogP contribution in [0.15, 0.2) is 10.9 Å². The van der Waals surface area contributed by atoms with E-state index in [2.05, 4.69) is 32.2 Å². The molecule has 1 unspecified atom stereocenters. The third kappa shape index (κ3) is 1.94. The van der Waals surface area contributed by atoms with Crippen LogP contribution in [0.4, 0.5) is 0 Å². The maximum absolute atomic E-state index is 6.07. The second-order valence-corrected chi connectivity index (χ2v) is 3.92. The maximum atomic E-state index is 6.07. The van der Waals surface area contributed by atoms with Crippen LogP contribution in [-0.4, -0.2) is 25.3 Å². The number of hydrogen-bond acceptors (Lipinski definition) is 6. The normalized spacial score (nSPS) is 14.9. The van der Waals surface area contributed by atoms with Gasteiger partial charge in [-0.25, -0.2) is 4.98 Å². The Hall–Kier alpha value is -1.76. The Morgan fingerprint density at radius 3 is 3.00 bits per heavy atom. The van der Waals surface area contributed by atoms with Crippen molar-refractivity contribution in [2.45, 2.75) is 32.2 Å². The van der Waals surface area contributed by atoms with Crippen LogP contribution in [0.2, 0.25) is 0 Å². The summed E-state index contributed by atoms with van der Waals surface area (Å²) in [7, 11) is 0. The molecule has 7 heteroatoms. The molecule has 0 spiro atoms. The Labute approximate surface area is 92.5 Å². The van der Waals surface area contributed by atoms with E-state index in [0.717, 1.165) is 12.8 Å². The monoisotopic (exact) mass is 222 g/mol. The van der Waals surface area contributed by atoms with E-state index in [4.69, 9.17) is 10.3 Å².